The van der Waals surface area contributed by atoms with Crippen molar-refractivity contribution < 1.29 is 0 Å². The second-order valence-corrected chi connectivity index (χ2v) is 6.17. The van der Waals surface area contributed by atoms with Crippen LogP contribution in [0.5, 0.6) is 0 Å². The molecule has 1 aromatic heterocycles. The number of hydrogen-bond donors (Lipinski definition) is 0. The Morgan fingerprint density at radius 2 is 2.12 bits per heavy atom. The molecule has 1 unspecified atom stereocenters. The number of halogens is 3. The second-order valence-electron chi connectivity index (χ2n) is 3.19. The molecular formula is C10H7BrCl2N2S. The molecule has 0 saturated heterocycles. The molecule has 0 saturated carbocycles. The molecular weight excluding hydrogens is 331 g/mol. The summed E-state index contributed by atoms with van der Waals surface area (Å²) in [4.78, 5) is 0. The van der Waals surface area contributed by atoms with E-state index in [0.717, 1.165) is 20.1 Å². The van der Waals surface area contributed by atoms with Crippen molar-refractivity contribution >= 4 is 50.5 Å². The maximum atomic E-state index is 6.10. The third-order valence-corrected chi connectivity index (χ3v) is 4.24. The number of rotatable bonds is 2. The van der Waals surface area contributed by atoms with Crippen LogP contribution in [0.15, 0.2) is 22.7 Å². The summed E-state index contributed by atoms with van der Waals surface area (Å²) >= 11 is 16.9. The third-order valence-electron chi connectivity index (χ3n) is 1.94. The molecule has 16 heavy (non-hydrogen) atoms. The van der Waals surface area contributed by atoms with Crippen LogP contribution < -0.4 is 0 Å². The zero-order valence-corrected chi connectivity index (χ0v) is 12.2. The van der Waals surface area contributed by atoms with Crippen molar-refractivity contribution in [2.24, 2.45) is 0 Å². The summed E-state index contributed by atoms with van der Waals surface area (Å²) in [5, 5.41) is 10.2. The van der Waals surface area contributed by atoms with Gasteiger partial charge in [0.25, 0.3) is 0 Å². The predicted molar refractivity (Wildman–Crippen MR) is 72.3 cm³/mol. The monoisotopic (exact) mass is 336 g/mol. The third kappa shape index (κ3) is 2.56. The minimum atomic E-state index is -0.128. The average molecular weight is 338 g/mol. The highest BCUT2D eigenvalue weighted by molar-refractivity contribution is 9.10. The van der Waals surface area contributed by atoms with E-state index < -0.39 is 0 Å². The molecule has 0 spiro atoms. The molecule has 0 N–H and O–H groups in total. The highest BCUT2D eigenvalue weighted by atomic mass is 79.9. The Morgan fingerprint density at radius 1 is 1.38 bits per heavy atom. The first-order valence-corrected chi connectivity index (χ1v) is 6.93. The fraction of sp³-hybridized carbons (Fsp3) is 0.200. The van der Waals surface area contributed by atoms with Crippen LogP contribution in [0.1, 0.15) is 17.3 Å². The van der Waals surface area contributed by atoms with E-state index in [1.807, 2.05) is 25.1 Å². The molecule has 2 rings (SSSR count). The molecule has 0 aliphatic rings. The zero-order valence-electron chi connectivity index (χ0n) is 8.25. The highest BCUT2D eigenvalue weighted by Crippen LogP contribution is 2.34. The Labute approximate surface area is 116 Å². The Kier molecular flexibility index (Phi) is 3.85. The van der Waals surface area contributed by atoms with Gasteiger partial charge in [0.05, 0.1) is 10.4 Å². The largest absolute Gasteiger partial charge is 0.149 e. The Balaban J connectivity index is 2.46. The van der Waals surface area contributed by atoms with E-state index in [1.54, 1.807) is 0 Å². The van der Waals surface area contributed by atoms with Gasteiger partial charge < -0.3 is 0 Å². The second kappa shape index (κ2) is 5.00. The summed E-state index contributed by atoms with van der Waals surface area (Å²) in [6.07, 6.45) is 0. The maximum absolute atomic E-state index is 6.10. The van der Waals surface area contributed by atoms with Crippen LogP contribution in [0.4, 0.5) is 0 Å². The fourth-order valence-corrected chi connectivity index (χ4v) is 2.77. The smallest absolute Gasteiger partial charge is 0.142 e. The lowest BCUT2D eigenvalue weighted by atomic mass is 10.2. The Bertz CT molecular complexity index is 513. The Morgan fingerprint density at radius 3 is 2.75 bits per heavy atom. The van der Waals surface area contributed by atoms with E-state index in [2.05, 4.69) is 26.1 Å². The topological polar surface area (TPSA) is 25.8 Å². The first-order chi connectivity index (χ1) is 7.58. The highest BCUT2D eigenvalue weighted by Gasteiger charge is 2.13. The van der Waals surface area contributed by atoms with E-state index >= 15 is 0 Å². The predicted octanol–water partition coefficient (Wildman–Crippen LogP) is 4.92. The van der Waals surface area contributed by atoms with Crippen molar-refractivity contribution in [1.82, 2.24) is 10.2 Å². The number of hydrogen-bond acceptors (Lipinski definition) is 3. The summed E-state index contributed by atoms with van der Waals surface area (Å²) in [6.45, 7) is 1.87. The van der Waals surface area contributed by atoms with Crippen LogP contribution in [-0.4, -0.2) is 10.2 Å². The van der Waals surface area contributed by atoms with Crippen LogP contribution in [0.2, 0.25) is 5.02 Å². The molecule has 0 aliphatic heterocycles. The minimum Gasteiger partial charge on any atom is -0.142 e. The van der Waals surface area contributed by atoms with E-state index in [-0.39, 0.29) is 5.38 Å². The van der Waals surface area contributed by atoms with Gasteiger partial charge in [-0.25, -0.2) is 0 Å². The maximum Gasteiger partial charge on any atom is 0.149 e. The molecule has 1 heterocycles. The molecule has 1 aromatic carbocycles. The SMILES string of the molecule is CC(Cl)c1nnc(-c2cc(Br)ccc2Cl)s1. The molecule has 1 atom stereocenters. The molecule has 0 fully saturated rings. The molecule has 6 heteroatoms. The van der Waals surface area contributed by atoms with Gasteiger partial charge in [-0.3, -0.25) is 0 Å². The van der Waals surface area contributed by atoms with Crippen LogP contribution in [0.3, 0.4) is 0 Å². The summed E-state index contributed by atoms with van der Waals surface area (Å²) < 4.78 is 0.961. The molecule has 0 bridgehead atoms. The van der Waals surface area contributed by atoms with Gasteiger partial charge in [-0.1, -0.05) is 38.9 Å². The zero-order chi connectivity index (χ0) is 11.7. The van der Waals surface area contributed by atoms with Crippen molar-refractivity contribution in [3.63, 3.8) is 0 Å². The normalized spacial score (nSPS) is 12.8. The summed E-state index contributed by atoms with van der Waals surface area (Å²) in [7, 11) is 0. The van der Waals surface area contributed by atoms with Gasteiger partial charge in [0.1, 0.15) is 10.0 Å². The number of alkyl halides is 1. The van der Waals surface area contributed by atoms with Gasteiger partial charge in [-0.2, -0.15) is 0 Å². The number of aromatic nitrogens is 2. The fourth-order valence-electron chi connectivity index (χ4n) is 1.17. The van der Waals surface area contributed by atoms with Crippen LogP contribution in [0.25, 0.3) is 10.6 Å². The molecule has 84 valence electrons. The molecule has 0 amide bonds. The van der Waals surface area contributed by atoms with Crippen LogP contribution in [-0.2, 0) is 0 Å². The molecule has 2 nitrogen and oxygen atoms in total. The van der Waals surface area contributed by atoms with Gasteiger partial charge in [0.15, 0.2) is 0 Å². The molecule has 0 aliphatic carbocycles. The first kappa shape index (κ1) is 12.3. The van der Waals surface area contributed by atoms with Crippen molar-refractivity contribution in [2.75, 3.05) is 0 Å². The van der Waals surface area contributed by atoms with Gasteiger partial charge in [-0.05, 0) is 25.1 Å². The summed E-state index contributed by atoms with van der Waals surface area (Å²) in [6, 6.07) is 5.63. The summed E-state index contributed by atoms with van der Waals surface area (Å²) in [5.74, 6) is 0. The van der Waals surface area contributed by atoms with Gasteiger partial charge >= 0.3 is 0 Å². The average Bonchev–Trinajstić information content (AvgIpc) is 2.70. The minimum absolute atomic E-state index is 0.128. The molecule has 0 radical (unpaired) electrons. The quantitative estimate of drug-likeness (QED) is 0.727. The van der Waals surface area contributed by atoms with Crippen molar-refractivity contribution in [2.45, 2.75) is 12.3 Å². The van der Waals surface area contributed by atoms with Gasteiger partial charge in [0, 0.05) is 10.0 Å². The van der Waals surface area contributed by atoms with E-state index in [9.17, 15) is 0 Å². The number of benzene rings is 1. The van der Waals surface area contributed by atoms with E-state index in [1.165, 1.54) is 11.3 Å². The lowest BCUT2D eigenvalue weighted by molar-refractivity contribution is 0.962. The van der Waals surface area contributed by atoms with Crippen LogP contribution in [0, 0.1) is 0 Å². The van der Waals surface area contributed by atoms with Crippen molar-refractivity contribution in [3.8, 4) is 10.6 Å². The lowest BCUT2D eigenvalue weighted by Crippen LogP contribution is -1.81. The molecule has 2 aromatic rings. The Hall–Kier alpha value is -0.160. The lowest BCUT2D eigenvalue weighted by Gasteiger charge is -1.99. The van der Waals surface area contributed by atoms with E-state index in [4.69, 9.17) is 23.2 Å². The standard InChI is InChI=1S/C10H7BrCl2N2S/c1-5(12)9-14-15-10(16-9)7-4-6(11)2-3-8(7)13/h2-5H,1H3. The van der Waals surface area contributed by atoms with E-state index in [0.29, 0.717) is 5.02 Å². The summed E-state index contributed by atoms with van der Waals surface area (Å²) in [5.41, 5.74) is 0.872. The van der Waals surface area contributed by atoms with Crippen molar-refractivity contribution in [1.29, 1.82) is 0 Å². The first-order valence-electron chi connectivity index (χ1n) is 4.51. The van der Waals surface area contributed by atoms with Crippen LogP contribution >= 0.6 is 50.5 Å². The van der Waals surface area contributed by atoms with Crippen molar-refractivity contribution in [3.05, 3.63) is 32.7 Å². The van der Waals surface area contributed by atoms with Gasteiger partial charge in [0.2, 0.25) is 0 Å². The van der Waals surface area contributed by atoms with Gasteiger partial charge in [-0.15, -0.1) is 21.8 Å². The number of nitrogens with zero attached hydrogens (tertiary/aromatic N) is 2.